The van der Waals surface area contributed by atoms with E-state index < -0.39 is 0 Å². The van der Waals surface area contributed by atoms with Gasteiger partial charge in [-0.1, -0.05) is 23.7 Å². The fourth-order valence-corrected chi connectivity index (χ4v) is 2.81. The number of aryl methyl sites for hydroxylation is 1. The lowest BCUT2D eigenvalue weighted by molar-refractivity contribution is 0.147. The minimum absolute atomic E-state index is 0.574. The van der Waals surface area contributed by atoms with Crippen molar-refractivity contribution >= 4 is 17.5 Å². The first-order valence-electron chi connectivity index (χ1n) is 8.61. The second-order valence-electron chi connectivity index (χ2n) is 5.81. The van der Waals surface area contributed by atoms with E-state index in [-0.39, 0.29) is 0 Å². The minimum Gasteiger partial charge on any atom is -0.382 e. The van der Waals surface area contributed by atoms with Crippen LogP contribution < -0.4 is 5.32 Å². The number of halogens is 1. The van der Waals surface area contributed by atoms with Gasteiger partial charge in [0.15, 0.2) is 5.82 Å². The summed E-state index contributed by atoms with van der Waals surface area (Å²) in [5, 5.41) is 3.92. The third kappa shape index (κ3) is 4.39. The van der Waals surface area contributed by atoms with Crippen molar-refractivity contribution in [3.05, 3.63) is 47.9 Å². The van der Waals surface area contributed by atoms with Crippen LogP contribution in [0, 0.1) is 0 Å². The van der Waals surface area contributed by atoms with E-state index in [0.717, 1.165) is 48.8 Å². The van der Waals surface area contributed by atoms with Gasteiger partial charge in [0.25, 0.3) is 0 Å². The summed E-state index contributed by atoms with van der Waals surface area (Å²) >= 11 is 6.16. The highest BCUT2D eigenvalue weighted by Crippen LogP contribution is 2.31. The Hall–Kier alpha value is -2.44. The molecule has 0 atom stereocenters. The zero-order valence-electron chi connectivity index (χ0n) is 14.9. The lowest BCUT2D eigenvalue weighted by Gasteiger charge is -2.12. The highest BCUT2D eigenvalue weighted by atomic mass is 35.5. The number of hydrogen-bond donors (Lipinski definition) is 1. The summed E-state index contributed by atoms with van der Waals surface area (Å²) in [6.07, 6.45) is 6.36. The van der Waals surface area contributed by atoms with Crippen molar-refractivity contribution in [3.63, 3.8) is 0 Å². The number of ether oxygens (including phenoxy) is 1. The predicted molar refractivity (Wildman–Crippen MR) is 104 cm³/mol. The largest absolute Gasteiger partial charge is 0.382 e. The number of aromatic nitrogens is 4. The number of imidazole rings is 1. The van der Waals surface area contributed by atoms with Gasteiger partial charge < -0.3 is 14.6 Å². The molecule has 26 heavy (non-hydrogen) atoms. The molecule has 1 N–H and O–H groups in total. The third-order valence-corrected chi connectivity index (χ3v) is 4.15. The highest BCUT2D eigenvalue weighted by molar-refractivity contribution is 6.30. The van der Waals surface area contributed by atoms with Crippen LogP contribution in [0.15, 0.2) is 42.9 Å². The summed E-state index contributed by atoms with van der Waals surface area (Å²) in [6, 6.07) is 7.66. The molecule has 0 fully saturated rings. The molecule has 0 amide bonds. The van der Waals surface area contributed by atoms with E-state index in [1.807, 2.05) is 55.2 Å². The van der Waals surface area contributed by atoms with Gasteiger partial charge in [-0.05, 0) is 31.0 Å². The first-order chi connectivity index (χ1) is 12.7. The van der Waals surface area contributed by atoms with Gasteiger partial charge in [-0.3, -0.25) is 0 Å². The Morgan fingerprint density at radius 1 is 1.27 bits per heavy atom. The zero-order valence-corrected chi connectivity index (χ0v) is 15.7. The van der Waals surface area contributed by atoms with Crippen LogP contribution in [-0.4, -0.2) is 39.3 Å². The lowest BCUT2D eigenvalue weighted by Crippen LogP contribution is -2.09. The Kier molecular flexibility index (Phi) is 6.20. The molecule has 3 aromatic rings. The van der Waals surface area contributed by atoms with Crippen molar-refractivity contribution < 1.29 is 4.74 Å². The molecule has 0 aliphatic rings. The molecule has 1 aromatic carbocycles. The van der Waals surface area contributed by atoms with Gasteiger partial charge in [0.2, 0.25) is 5.95 Å². The van der Waals surface area contributed by atoms with Crippen LogP contribution in [0.2, 0.25) is 5.02 Å². The molecule has 6 nitrogen and oxygen atoms in total. The Bertz CT molecular complexity index is 865. The van der Waals surface area contributed by atoms with Gasteiger partial charge >= 0.3 is 0 Å². The van der Waals surface area contributed by atoms with Crippen molar-refractivity contribution in [2.24, 2.45) is 7.05 Å². The summed E-state index contributed by atoms with van der Waals surface area (Å²) < 4.78 is 7.29. The van der Waals surface area contributed by atoms with Crippen LogP contribution in [0.4, 0.5) is 5.95 Å². The highest BCUT2D eigenvalue weighted by Gasteiger charge is 2.15. The molecular weight excluding hydrogens is 350 g/mol. The van der Waals surface area contributed by atoms with Crippen LogP contribution in [0.3, 0.4) is 0 Å². The maximum Gasteiger partial charge on any atom is 0.223 e. The summed E-state index contributed by atoms with van der Waals surface area (Å²) in [4.78, 5) is 13.6. The monoisotopic (exact) mass is 371 g/mol. The molecule has 136 valence electrons. The topological polar surface area (TPSA) is 64.9 Å². The average molecular weight is 372 g/mol. The summed E-state index contributed by atoms with van der Waals surface area (Å²) in [7, 11) is 1.95. The van der Waals surface area contributed by atoms with Crippen molar-refractivity contribution in [2.75, 3.05) is 25.1 Å². The third-order valence-electron chi connectivity index (χ3n) is 3.91. The van der Waals surface area contributed by atoms with E-state index in [1.54, 1.807) is 6.20 Å². The number of hydrogen-bond acceptors (Lipinski definition) is 5. The molecule has 0 spiro atoms. The van der Waals surface area contributed by atoms with Crippen LogP contribution in [0.1, 0.15) is 13.3 Å². The molecule has 7 heteroatoms. The zero-order chi connectivity index (χ0) is 18.4. The van der Waals surface area contributed by atoms with Crippen molar-refractivity contribution in [3.8, 4) is 22.6 Å². The number of anilines is 1. The summed E-state index contributed by atoms with van der Waals surface area (Å²) in [6.45, 7) is 4.19. The fourth-order valence-electron chi connectivity index (χ4n) is 2.62. The number of nitrogens with one attached hydrogen (secondary N) is 1. The number of nitrogens with zero attached hydrogens (tertiary/aromatic N) is 4. The molecule has 0 saturated carbocycles. The van der Waals surface area contributed by atoms with Crippen molar-refractivity contribution in [1.82, 2.24) is 19.5 Å². The molecule has 0 radical (unpaired) electrons. The molecule has 0 saturated heterocycles. The Labute approximate surface area is 158 Å². The first-order valence-corrected chi connectivity index (χ1v) is 8.99. The van der Waals surface area contributed by atoms with Crippen molar-refractivity contribution in [1.29, 1.82) is 0 Å². The molecular formula is C19H22ClN5O. The van der Waals surface area contributed by atoms with Crippen LogP contribution in [-0.2, 0) is 11.8 Å². The Morgan fingerprint density at radius 3 is 2.88 bits per heavy atom. The van der Waals surface area contributed by atoms with Crippen LogP contribution in [0.5, 0.6) is 0 Å². The van der Waals surface area contributed by atoms with E-state index in [0.29, 0.717) is 11.0 Å². The molecule has 0 bridgehead atoms. The summed E-state index contributed by atoms with van der Waals surface area (Å²) in [5.74, 6) is 1.35. The van der Waals surface area contributed by atoms with Crippen molar-refractivity contribution in [2.45, 2.75) is 13.3 Å². The van der Waals surface area contributed by atoms with Gasteiger partial charge in [-0.25, -0.2) is 15.0 Å². The van der Waals surface area contributed by atoms with E-state index in [9.17, 15) is 0 Å². The molecule has 3 rings (SSSR count). The predicted octanol–water partition coefficient (Wildman–Crippen LogP) is 4.04. The smallest absolute Gasteiger partial charge is 0.223 e. The normalized spacial score (nSPS) is 10.9. The second kappa shape index (κ2) is 8.78. The SMILES string of the molecule is CCOCCCNc1ncc(-c2cccc(Cl)c2)c(-c2nccn2C)n1. The van der Waals surface area contributed by atoms with E-state index in [4.69, 9.17) is 21.3 Å². The standard InChI is InChI=1S/C19H22ClN5O/c1-3-26-11-5-8-22-19-23-13-16(14-6-4-7-15(20)12-14)17(24-19)18-21-9-10-25(18)2/h4,6-7,9-10,12-13H,3,5,8,11H2,1-2H3,(H,22,23,24). The van der Waals surface area contributed by atoms with Crippen LogP contribution in [0.25, 0.3) is 22.6 Å². The van der Waals surface area contributed by atoms with Gasteiger partial charge in [0.05, 0.1) is 0 Å². The quantitative estimate of drug-likeness (QED) is 0.605. The average Bonchev–Trinajstić information content (AvgIpc) is 3.07. The van der Waals surface area contributed by atoms with E-state index in [1.165, 1.54) is 0 Å². The summed E-state index contributed by atoms with van der Waals surface area (Å²) in [5.41, 5.74) is 2.61. The molecule has 0 aliphatic carbocycles. The van der Waals surface area contributed by atoms with Crippen LogP contribution >= 0.6 is 11.6 Å². The lowest BCUT2D eigenvalue weighted by atomic mass is 10.1. The van der Waals surface area contributed by atoms with Gasteiger partial charge in [-0.2, -0.15) is 0 Å². The Morgan fingerprint density at radius 2 is 2.15 bits per heavy atom. The van der Waals surface area contributed by atoms with E-state index in [2.05, 4.69) is 15.3 Å². The molecule has 2 aromatic heterocycles. The maximum absolute atomic E-state index is 6.16. The second-order valence-corrected chi connectivity index (χ2v) is 6.24. The van der Waals surface area contributed by atoms with Gasteiger partial charge in [0, 0.05) is 56.0 Å². The van der Waals surface area contributed by atoms with E-state index >= 15 is 0 Å². The number of rotatable bonds is 8. The first kappa shape index (κ1) is 18.4. The van der Waals surface area contributed by atoms with Gasteiger partial charge in [-0.15, -0.1) is 0 Å². The molecule has 2 heterocycles. The number of benzene rings is 1. The Balaban J connectivity index is 1.91. The fraction of sp³-hybridized carbons (Fsp3) is 0.316. The maximum atomic E-state index is 6.16. The van der Waals surface area contributed by atoms with Gasteiger partial charge in [0.1, 0.15) is 5.69 Å². The molecule has 0 aliphatic heterocycles. The molecule has 0 unspecified atom stereocenters. The minimum atomic E-state index is 0.574.